The number of aromatic nitrogens is 1. The quantitative estimate of drug-likeness (QED) is 0.532. The highest BCUT2D eigenvalue weighted by atomic mass is 16.6. The predicted octanol–water partition coefficient (Wildman–Crippen LogP) is 3.59. The minimum absolute atomic E-state index is 0.122. The largest absolute Gasteiger partial charge is 0.492 e. The van der Waals surface area contributed by atoms with Crippen molar-refractivity contribution in [3.63, 3.8) is 0 Å². The molecule has 0 saturated heterocycles. The maximum atomic E-state index is 10.8. The molecular weight excluding hydrogens is 306 g/mol. The van der Waals surface area contributed by atoms with E-state index in [0.717, 1.165) is 28.8 Å². The molecule has 3 aromatic rings. The number of rotatable bonds is 7. The SMILES string of the molecule is CN(CCOc1cccc2[nH]ccc12)Cc1cccc([N+](=O)[O-])c1. The van der Waals surface area contributed by atoms with Crippen molar-refractivity contribution in [3.8, 4) is 5.75 Å². The van der Waals surface area contributed by atoms with E-state index in [1.54, 1.807) is 12.1 Å². The Morgan fingerprint density at radius 1 is 1.21 bits per heavy atom. The standard InChI is InChI=1S/C18H19N3O3/c1-20(13-14-4-2-5-15(12-14)21(22)23)10-11-24-18-7-3-6-17-16(18)8-9-19-17/h2-9,12,19H,10-11,13H2,1H3. The van der Waals surface area contributed by atoms with E-state index < -0.39 is 0 Å². The van der Waals surface area contributed by atoms with Crippen LogP contribution >= 0.6 is 0 Å². The molecule has 0 saturated carbocycles. The Labute approximate surface area is 139 Å². The number of nitrogens with zero attached hydrogens (tertiary/aromatic N) is 2. The van der Waals surface area contributed by atoms with Crippen molar-refractivity contribution in [1.82, 2.24) is 9.88 Å². The molecule has 0 fully saturated rings. The monoisotopic (exact) mass is 325 g/mol. The third-order valence-corrected chi connectivity index (χ3v) is 3.86. The zero-order valence-electron chi connectivity index (χ0n) is 13.4. The molecule has 0 bridgehead atoms. The maximum Gasteiger partial charge on any atom is 0.269 e. The molecule has 3 rings (SSSR count). The summed E-state index contributed by atoms with van der Waals surface area (Å²) in [5, 5.41) is 11.9. The zero-order chi connectivity index (χ0) is 16.9. The highest BCUT2D eigenvalue weighted by molar-refractivity contribution is 5.85. The van der Waals surface area contributed by atoms with Crippen LogP contribution in [0.2, 0.25) is 0 Å². The second kappa shape index (κ2) is 7.14. The number of nitro groups is 1. The van der Waals surface area contributed by atoms with Crippen molar-refractivity contribution in [3.05, 3.63) is 70.4 Å². The zero-order valence-corrected chi connectivity index (χ0v) is 13.4. The van der Waals surface area contributed by atoms with Crippen LogP contribution in [-0.4, -0.2) is 35.0 Å². The van der Waals surface area contributed by atoms with E-state index in [2.05, 4.69) is 9.88 Å². The number of fused-ring (bicyclic) bond motifs is 1. The molecule has 0 aliphatic rings. The summed E-state index contributed by atoms with van der Waals surface area (Å²) in [4.78, 5) is 15.7. The van der Waals surface area contributed by atoms with Gasteiger partial charge in [-0.3, -0.25) is 15.0 Å². The normalized spacial score (nSPS) is 11.1. The van der Waals surface area contributed by atoms with Crippen molar-refractivity contribution >= 4 is 16.6 Å². The van der Waals surface area contributed by atoms with E-state index >= 15 is 0 Å². The number of benzene rings is 2. The second-order valence-corrected chi connectivity index (χ2v) is 5.71. The molecule has 0 aliphatic carbocycles. The maximum absolute atomic E-state index is 10.8. The van der Waals surface area contributed by atoms with E-state index in [1.165, 1.54) is 6.07 Å². The molecule has 0 aliphatic heterocycles. The van der Waals surface area contributed by atoms with Gasteiger partial charge in [-0.25, -0.2) is 0 Å². The number of nitro benzene ring substituents is 1. The lowest BCUT2D eigenvalue weighted by Gasteiger charge is -2.17. The summed E-state index contributed by atoms with van der Waals surface area (Å²) < 4.78 is 5.88. The summed E-state index contributed by atoms with van der Waals surface area (Å²) in [5.41, 5.74) is 2.09. The van der Waals surface area contributed by atoms with E-state index in [-0.39, 0.29) is 10.6 Å². The topological polar surface area (TPSA) is 71.4 Å². The van der Waals surface area contributed by atoms with Gasteiger partial charge in [0.25, 0.3) is 5.69 Å². The van der Waals surface area contributed by atoms with Gasteiger partial charge < -0.3 is 9.72 Å². The molecule has 0 amide bonds. The molecule has 2 aromatic carbocycles. The molecule has 0 unspecified atom stereocenters. The fourth-order valence-electron chi connectivity index (χ4n) is 2.65. The summed E-state index contributed by atoms with van der Waals surface area (Å²) in [6.45, 7) is 1.92. The number of hydrogen-bond acceptors (Lipinski definition) is 4. The minimum atomic E-state index is -0.371. The summed E-state index contributed by atoms with van der Waals surface area (Å²) >= 11 is 0. The Morgan fingerprint density at radius 3 is 2.88 bits per heavy atom. The van der Waals surface area contributed by atoms with E-state index in [9.17, 15) is 10.1 Å². The van der Waals surface area contributed by atoms with Gasteiger partial charge in [-0.2, -0.15) is 0 Å². The van der Waals surface area contributed by atoms with Crippen LogP contribution in [0.25, 0.3) is 10.9 Å². The number of nitrogens with one attached hydrogen (secondary N) is 1. The minimum Gasteiger partial charge on any atom is -0.492 e. The van der Waals surface area contributed by atoms with Gasteiger partial charge in [0.05, 0.1) is 4.92 Å². The number of non-ortho nitro benzene ring substituents is 1. The highest BCUT2D eigenvalue weighted by Gasteiger charge is 2.08. The highest BCUT2D eigenvalue weighted by Crippen LogP contribution is 2.24. The van der Waals surface area contributed by atoms with Crippen LogP contribution in [0.3, 0.4) is 0 Å². The molecule has 6 nitrogen and oxygen atoms in total. The first kappa shape index (κ1) is 16.0. The first-order chi connectivity index (χ1) is 11.6. The summed E-state index contributed by atoms with van der Waals surface area (Å²) in [5.74, 6) is 0.859. The van der Waals surface area contributed by atoms with Crippen LogP contribution < -0.4 is 4.74 Å². The smallest absolute Gasteiger partial charge is 0.269 e. The van der Waals surface area contributed by atoms with E-state index in [0.29, 0.717) is 13.2 Å². The molecule has 1 N–H and O–H groups in total. The summed E-state index contributed by atoms with van der Waals surface area (Å²) in [7, 11) is 1.97. The van der Waals surface area contributed by atoms with E-state index in [1.807, 2.05) is 43.6 Å². The Kier molecular flexibility index (Phi) is 4.77. The van der Waals surface area contributed by atoms with Gasteiger partial charge in [0.1, 0.15) is 12.4 Å². The number of H-pyrrole nitrogens is 1. The molecule has 6 heteroatoms. The Balaban J connectivity index is 1.54. The van der Waals surface area contributed by atoms with E-state index in [4.69, 9.17) is 4.74 Å². The third-order valence-electron chi connectivity index (χ3n) is 3.86. The van der Waals surface area contributed by atoms with Crippen LogP contribution in [-0.2, 0) is 6.54 Å². The van der Waals surface area contributed by atoms with Gasteiger partial charge >= 0.3 is 0 Å². The van der Waals surface area contributed by atoms with Crippen molar-refractivity contribution in [1.29, 1.82) is 0 Å². The summed E-state index contributed by atoms with van der Waals surface area (Å²) in [6, 6.07) is 14.6. The fraction of sp³-hybridized carbons (Fsp3) is 0.222. The van der Waals surface area contributed by atoms with Gasteiger partial charge in [-0.05, 0) is 30.8 Å². The molecule has 1 heterocycles. The number of aromatic amines is 1. The van der Waals surface area contributed by atoms with Gasteiger partial charge in [0, 0.05) is 42.3 Å². The first-order valence-electron chi connectivity index (χ1n) is 7.74. The second-order valence-electron chi connectivity index (χ2n) is 5.71. The van der Waals surface area contributed by atoms with Crippen LogP contribution in [0.1, 0.15) is 5.56 Å². The lowest BCUT2D eigenvalue weighted by atomic mass is 10.2. The average Bonchev–Trinajstić information content (AvgIpc) is 3.04. The van der Waals surface area contributed by atoms with Crippen LogP contribution in [0.4, 0.5) is 5.69 Å². The number of ether oxygens (including phenoxy) is 1. The average molecular weight is 325 g/mol. The molecule has 124 valence electrons. The Morgan fingerprint density at radius 2 is 2.04 bits per heavy atom. The summed E-state index contributed by atoms with van der Waals surface area (Å²) in [6.07, 6.45) is 1.89. The number of hydrogen-bond donors (Lipinski definition) is 1. The van der Waals surface area contributed by atoms with Crippen LogP contribution in [0.15, 0.2) is 54.7 Å². The molecule has 0 spiro atoms. The van der Waals surface area contributed by atoms with Gasteiger partial charge in [0.2, 0.25) is 0 Å². The number of likely N-dealkylation sites (N-methyl/N-ethyl adjacent to an activating group) is 1. The van der Waals surface area contributed by atoms with Gasteiger partial charge in [0.15, 0.2) is 0 Å². The Bertz CT molecular complexity index is 844. The molecule has 1 aromatic heterocycles. The van der Waals surface area contributed by atoms with Crippen molar-refractivity contribution in [2.24, 2.45) is 0 Å². The first-order valence-corrected chi connectivity index (χ1v) is 7.74. The Hall–Kier alpha value is -2.86. The lowest BCUT2D eigenvalue weighted by molar-refractivity contribution is -0.384. The molecular formula is C18H19N3O3. The van der Waals surface area contributed by atoms with Gasteiger partial charge in [-0.15, -0.1) is 0 Å². The van der Waals surface area contributed by atoms with Crippen LogP contribution in [0.5, 0.6) is 5.75 Å². The fourth-order valence-corrected chi connectivity index (χ4v) is 2.65. The van der Waals surface area contributed by atoms with Gasteiger partial charge in [-0.1, -0.05) is 18.2 Å². The predicted molar refractivity (Wildman–Crippen MR) is 93.2 cm³/mol. The molecule has 24 heavy (non-hydrogen) atoms. The van der Waals surface area contributed by atoms with Crippen molar-refractivity contribution in [2.45, 2.75) is 6.54 Å². The van der Waals surface area contributed by atoms with Crippen molar-refractivity contribution in [2.75, 3.05) is 20.2 Å². The lowest BCUT2D eigenvalue weighted by Crippen LogP contribution is -2.23. The molecule has 0 atom stereocenters. The van der Waals surface area contributed by atoms with Crippen molar-refractivity contribution < 1.29 is 9.66 Å². The third kappa shape index (κ3) is 3.72. The van der Waals surface area contributed by atoms with Crippen LogP contribution in [0, 0.1) is 10.1 Å². The molecule has 0 radical (unpaired) electrons.